The first-order valence-electron chi connectivity index (χ1n) is 10.8. The van der Waals surface area contributed by atoms with Crippen molar-refractivity contribution in [2.24, 2.45) is 0 Å². The molecule has 0 spiro atoms. The molecule has 1 aromatic heterocycles. The van der Waals surface area contributed by atoms with Crippen molar-refractivity contribution >= 4 is 33.4 Å². The van der Waals surface area contributed by atoms with Gasteiger partial charge in [-0.3, -0.25) is 9.59 Å². The highest BCUT2D eigenvalue weighted by atomic mass is 19.1. The predicted molar refractivity (Wildman–Crippen MR) is 126 cm³/mol. The zero-order valence-electron chi connectivity index (χ0n) is 17.9. The average molecular weight is 429 g/mol. The Morgan fingerprint density at radius 3 is 2.34 bits per heavy atom. The van der Waals surface area contributed by atoms with Gasteiger partial charge in [-0.05, 0) is 43.3 Å². The third-order valence-electron chi connectivity index (χ3n) is 6.25. The van der Waals surface area contributed by atoms with Gasteiger partial charge in [0.2, 0.25) is 5.91 Å². The zero-order valence-corrected chi connectivity index (χ0v) is 17.9. The lowest BCUT2D eigenvalue weighted by Crippen LogP contribution is -2.49. The molecule has 0 unspecified atom stereocenters. The number of aromatic nitrogens is 1. The standard InChI is InChI=1S/C26H24FN3O2/c1-18-10-11-23-20(16-18)26(32)19-6-2-4-8-22(19)30(23)17-25(31)29-14-12-28(13-15-29)24-9-5-3-7-21(24)27/h2-11,16H,12-15,17H2,1H3. The molecule has 1 aliphatic heterocycles. The van der Waals surface area contributed by atoms with E-state index in [0.717, 1.165) is 16.6 Å². The predicted octanol–water partition coefficient (Wildman–Crippen LogP) is 3.95. The Morgan fingerprint density at radius 2 is 1.56 bits per heavy atom. The molecule has 0 N–H and O–H groups in total. The molecule has 4 aromatic rings. The van der Waals surface area contributed by atoms with E-state index in [1.807, 2.05) is 69.8 Å². The second kappa shape index (κ2) is 8.11. The van der Waals surface area contributed by atoms with Crippen LogP contribution >= 0.6 is 0 Å². The number of rotatable bonds is 3. The largest absolute Gasteiger partial charge is 0.366 e. The lowest BCUT2D eigenvalue weighted by molar-refractivity contribution is -0.132. The maximum absolute atomic E-state index is 14.1. The smallest absolute Gasteiger partial charge is 0.242 e. The number of amides is 1. The van der Waals surface area contributed by atoms with Crippen molar-refractivity contribution in [1.82, 2.24) is 9.47 Å². The van der Waals surface area contributed by atoms with Gasteiger partial charge >= 0.3 is 0 Å². The fourth-order valence-electron chi connectivity index (χ4n) is 4.55. The Morgan fingerprint density at radius 1 is 0.875 bits per heavy atom. The Kier molecular flexibility index (Phi) is 5.13. The van der Waals surface area contributed by atoms with E-state index in [1.165, 1.54) is 6.07 Å². The van der Waals surface area contributed by atoms with Crippen LogP contribution < -0.4 is 10.3 Å². The lowest BCUT2D eigenvalue weighted by atomic mass is 10.1. The van der Waals surface area contributed by atoms with E-state index in [9.17, 15) is 14.0 Å². The molecule has 3 aromatic carbocycles. The van der Waals surface area contributed by atoms with Crippen LogP contribution in [0.4, 0.5) is 10.1 Å². The van der Waals surface area contributed by atoms with Gasteiger partial charge in [-0.15, -0.1) is 0 Å². The van der Waals surface area contributed by atoms with Gasteiger partial charge in [0.25, 0.3) is 0 Å². The summed E-state index contributed by atoms with van der Waals surface area (Å²) in [4.78, 5) is 30.1. The fraction of sp³-hybridized carbons (Fsp3) is 0.231. The van der Waals surface area contributed by atoms with Gasteiger partial charge in [0, 0.05) is 37.0 Å². The molecule has 1 saturated heterocycles. The first-order chi connectivity index (χ1) is 15.5. The molecule has 0 radical (unpaired) electrons. The van der Waals surface area contributed by atoms with Gasteiger partial charge in [0.1, 0.15) is 12.4 Å². The number of para-hydroxylation sites is 2. The van der Waals surface area contributed by atoms with E-state index in [0.29, 0.717) is 42.6 Å². The number of piperazine rings is 1. The number of carbonyl (C=O) groups is 1. The third-order valence-corrected chi connectivity index (χ3v) is 6.25. The van der Waals surface area contributed by atoms with Crippen LogP contribution in [0.15, 0.2) is 71.5 Å². The third kappa shape index (κ3) is 3.51. The molecule has 1 aliphatic rings. The van der Waals surface area contributed by atoms with Crippen molar-refractivity contribution in [3.63, 3.8) is 0 Å². The van der Waals surface area contributed by atoms with Crippen LogP contribution in [-0.2, 0) is 11.3 Å². The minimum absolute atomic E-state index is 0.00568. The quantitative estimate of drug-likeness (QED) is 0.463. The summed E-state index contributed by atoms with van der Waals surface area (Å²) in [5.41, 5.74) is 3.09. The molecular formula is C26H24FN3O2. The van der Waals surface area contributed by atoms with E-state index < -0.39 is 0 Å². The lowest BCUT2D eigenvalue weighted by Gasteiger charge is -2.36. The number of pyridine rings is 1. The molecule has 0 atom stereocenters. The molecule has 0 aliphatic carbocycles. The summed E-state index contributed by atoms with van der Waals surface area (Å²) in [6, 6.07) is 19.9. The molecular weight excluding hydrogens is 405 g/mol. The normalized spacial score (nSPS) is 14.3. The van der Waals surface area contributed by atoms with Crippen LogP contribution in [0.2, 0.25) is 0 Å². The van der Waals surface area contributed by atoms with Crippen molar-refractivity contribution in [3.05, 3.63) is 88.3 Å². The summed E-state index contributed by atoms with van der Waals surface area (Å²) < 4.78 is 16.1. The summed E-state index contributed by atoms with van der Waals surface area (Å²) in [7, 11) is 0. The van der Waals surface area contributed by atoms with Crippen molar-refractivity contribution in [3.8, 4) is 0 Å². The minimum Gasteiger partial charge on any atom is -0.366 e. The molecule has 1 amide bonds. The second-order valence-corrected chi connectivity index (χ2v) is 8.27. The zero-order chi connectivity index (χ0) is 22.2. The molecule has 2 heterocycles. The highest BCUT2D eigenvalue weighted by Crippen LogP contribution is 2.22. The number of aryl methyl sites for hydroxylation is 1. The molecule has 32 heavy (non-hydrogen) atoms. The SMILES string of the molecule is Cc1ccc2c(c1)c(=O)c1ccccc1n2CC(=O)N1CCN(c2ccccc2F)CC1. The van der Waals surface area contributed by atoms with Crippen LogP contribution in [0, 0.1) is 12.7 Å². The van der Waals surface area contributed by atoms with Gasteiger partial charge in [-0.2, -0.15) is 0 Å². The molecule has 1 fully saturated rings. The topological polar surface area (TPSA) is 45.6 Å². The van der Waals surface area contributed by atoms with Crippen LogP contribution in [0.3, 0.4) is 0 Å². The van der Waals surface area contributed by atoms with Crippen molar-refractivity contribution in [2.45, 2.75) is 13.5 Å². The molecule has 5 nitrogen and oxygen atoms in total. The molecule has 5 rings (SSSR count). The molecule has 0 saturated carbocycles. The minimum atomic E-state index is -0.242. The number of anilines is 1. The van der Waals surface area contributed by atoms with E-state index in [4.69, 9.17) is 0 Å². The number of nitrogens with zero attached hydrogens (tertiary/aromatic N) is 3. The maximum Gasteiger partial charge on any atom is 0.242 e. The fourth-order valence-corrected chi connectivity index (χ4v) is 4.55. The van der Waals surface area contributed by atoms with Crippen LogP contribution in [0.25, 0.3) is 21.8 Å². The van der Waals surface area contributed by atoms with Gasteiger partial charge in [0.05, 0.1) is 16.7 Å². The van der Waals surface area contributed by atoms with Crippen molar-refractivity contribution in [2.75, 3.05) is 31.1 Å². The van der Waals surface area contributed by atoms with E-state index in [-0.39, 0.29) is 23.7 Å². The van der Waals surface area contributed by atoms with Crippen LogP contribution in [0.5, 0.6) is 0 Å². The highest BCUT2D eigenvalue weighted by molar-refractivity contribution is 5.95. The van der Waals surface area contributed by atoms with Crippen LogP contribution in [-0.4, -0.2) is 41.6 Å². The van der Waals surface area contributed by atoms with Gasteiger partial charge < -0.3 is 14.4 Å². The first-order valence-corrected chi connectivity index (χ1v) is 10.8. The number of halogens is 1. The number of hydrogen-bond donors (Lipinski definition) is 0. The summed E-state index contributed by atoms with van der Waals surface area (Å²) >= 11 is 0. The number of hydrogen-bond acceptors (Lipinski definition) is 3. The monoisotopic (exact) mass is 429 g/mol. The van der Waals surface area contributed by atoms with Gasteiger partial charge in [0.15, 0.2) is 5.43 Å². The molecule has 162 valence electrons. The Balaban J connectivity index is 1.43. The summed E-state index contributed by atoms with van der Waals surface area (Å²) in [6.45, 7) is 4.33. The second-order valence-electron chi connectivity index (χ2n) is 8.27. The van der Waals surface area contributed by atoms with Gasteiger partial charge in [-0.25, -0.2) is 4.39 Å². The Labute approximate surface area is 185 Å². The maximum atomic E-state index is 14.1. The number of fused-ring (bicyclic) bond motifs is 2. The summed E-state index contributed by atoms with van der Waals surface area (Å²) in [5.74, 6) is -0.248. The van der Waals surface area contributed by atoms with Crippen molar-refractivity contribution in [1.29, 1.82) is 0 Å². The van der Waals surface area contributed by atoms with Gasteiger partial charge in [-0.1, -0.05) is 35.9 Å². The number of carbonyl (C=O) groups excluding carboxylic acids is 1. The van der Waals surface area contributed by atoms with Crippen LogP contribution in [0.1, 0.15) is 5.56 Å². The highest BCUT2D eigenvalue weighted by Gasteiger charge is 2.23. The average Bonchev–Trinajstić information content (AvgIpc) is 2.82. The summed E-state index contributed by atoms with van der Waals surface area (Å²) in [5, 5.41) is 1.24. The van der Waals surface area contributed by atoms with E-state index in [1.54, 1.807) is 12.1 Å². The number of benzene rings is 3. The van der Waals surface area contributed by atoms with E-state index in [2.05, 4.69) is 0 Å². The summed E-state index contributed by atoms with van der Waals surface area (Å²) in [6.07, 6.45) is 0. The molecule has 0 bridgehead atoms. The van der Waals surface area contributed by atoms with Crippen molar-refractivity contribution < 1.29 is 9.18 Å². The molecule has 6 heteroatoms. The van der Waals surface area contributed by atoms with E-state index >= 15 is 0 Å². The Hall–Kier alpha value is -3.67. The first kappa shape index (κ1) is 20.2. The Bertz CT molecular complexity index is 1390.